The molecule has 1 unspecified atom stereocenters. The molecule has 0 heterocycles. The Morgan fingerprint density at radius 1 is 1.70 bits per heavy atom. The fourth-order valence-corrected chi connectivity index (χ4v) is 0.915. The van der Waals surface area contributed by atoms with Gasteiger partial charge in [-0.15, -0.1) is 0 Å². The van der Waals surface area contributed by atoms with Crippen LogP contribution in [0.1, 0.15) is 13.3 Å². The average molecular weight is 138 g/mol. The lowest BCUT2D eigenvalue weighted by Gasteiger charge is -2.19. The quantitative estimate of drug-likeness (QED) is 0.618. The SMILES string of the molecule is CCCN=C1C=CC1NC. The first-order chi connectivity index (χ1) is 4.88. The number of aliphatic imine (C=N–C) groups is 1. The van der Waals surface area contributed by atoms with Gasteiger partial charge >= 0.3 is 0 Å². The molecule has 1 N–H and O–H groups in total. The van der Waals surface area contributed by atoms with Crippen LogP contribution in [0.4, 0.5) is 0 Å². The minimum absolute atomic E-state index is 0.423. The lowest BCUT2D eigenvalue weighted by molar-refractivity contribution is 0.795. The van der Waals surface area contributed by atoms with Gasteiger partial charge in [0.2, 0.25) is 0 Å². The Morgan fingerprint density at radius 3 is 2.90 bits per heavy atom. The number of likely N-dealkylation sites (N-methyl/N-ethyl adjacent to an activating group) is 1. The molecule has 2 heteroatoms. The summed E-state index contributed by atoms with van der Waals surface area (Å²) in [5, 5.41) is 3.14. The topological polar surface area (TPSA) is 24.4 Å². The van der Waals surface area contributed by atoms with Crippen molar-refractivity contribution in [2.24, 2.45) is 4.99 Å². The van der Waals surface area contributed by atoms with Gasteiger partial charge in [-0.1, -0.05) is 13.0 Å². The largest absolute Gasteiger partial charge is 0.309 e. The molecule has 0 radical (unpaired) electrons. The zero-order chi connectivity index (χ0) is 7.40. The van der Waals surface area contributed by atoms with Crippen LogP contribution in [0.15, 0.2) is 17.1 Å². The normalized spacial score (nSPS) is 27.0. The molecule has 2 nitrogen and oxygen atoms in total. The summed E-state index contributed by atoms with van der Waals surface area (Å²) in [6, 6.07) is 0.423. The molecule has 0 saturated heterocycles. The van der Waals surface area contributed by atoms with Crippen LogP contribution in [0.2, 0.25) is 0 Å². The molecule has 0 aromatic heterocycles. The van der Waals surface area contributed by atoms with E-state index in [4.69, 9.17) is 0 Å². The van der Waals surface area contributed by atoms with E-state index >= 15 is 0 Å². The predicted octanol–water partition coefficient (Wildman–Crippen LogP) is 0.995. The Hall–Kier alpha value is -0.630. The van der Waals surface area contributed by atoms with Gasteiger partial charge in [-0.05, 0) is 19.5 Å². The average Bonchev–Trinajstić information content (AvgIpc) is 1.88. The first-order valence-electron chi connectivity index (χ1n) is 3.78. The number of rotatable bonds is 3. The summed E-state index contributed by atoms with van der Waals surface area (Å²) in [6.45, 7) is 3.10. The molecule has 0 aliphatic heterocycles. The van der Waals surface area contributed by atoms with Gasteiger partial charge in [0.05, 0.1) is 11.8 Å². The molecule has 1 aliphatic carbocycles. The third-order valence-corrected chi connectivity index (χ3v) is 1.61. The van der Waals surface area contributed by atoms with E-state index in [9.17, 15) is 0 Å². The van der Waals surface area contributed by atoms with Crippen molar-refractivity contribution in [1.82, 2.24) is 5.32 Å². The third kappa shape index (κ3) is 1.45. The van der Waals surface area contributed by atoms with E-state index in [1.54, 1.807) is 0 Å². The van der Waals surface area contributed by atoms with E-state index in [0.717, 1.165) is 13.0 Å². The highest BCUT2D eigenvalue weighted by atomic mass is 14.9. The maximum absolute atomic E-state index is 4.37. The van der Waals surface area contributed by atoms with Crippen molar-refractivity contribution in [1.29, 1.82) is 0 Å². The molecule has 0 amide bonds. The minimum atomic E-state index is 0.423. The van der Waals surface area contributed by atoms with Gasteiger partial charge in [0, 0.05) is 6.54 Å². The zero-order valence-electron chi connectivity index (χ0n) is 6.59. The second kappa shape index (κ2) is 3.52. The van der Waals surface area contributed by atoms with Crippen LogP contribution in [0, 0.1) is 0 Å². The molecule has 0 bridgehead atoms. The van der Waals surface area contributed by atoms with Gasteiger partial charge in [-0.2, -0.15) is 0 Å². The van der Waals surface area contributed by atoms with E-state index in [-0.39, 0.29) is 0 Å². The summed E-state index contributed by atoms with van der Waals surface area (Å²) >= 11 is 0. The molecule has 56 valence electrons. The summed E-state index contributed by atoms with van der Waals surface area (Å²) < 4.78 is 0. The molecule has 1 aliphatic rings. The highest BCUT2D eigenvalue weighted by Crippen LogP contribution is 2.04. The minimum Gasteiger partial charge on any atom is -0.309 e. The van der Waals surface area contributed by atoms with E-state index in [2.05, 4.69) is 29.4 Å². The Kier molecular flexibility index (Phi) is 2.63. The van der Waals surface area contributed by atoms with Crippen LogP contribution in [0.25, 0.3) is 0 Å². The number of nitrogens with zero attached hydrogens (tertiary/aromatic N) is 1. The summed E-state index contributed by atoms with van der Waals surface area (Å²) in [4.78, 5) is 4.37. The standard InChI is InChI=1S/C8H14N2/c1-3-6-10-8-5-4-7(8)9-2/h4-5,7,9H,3,6H2,1-2H3. The van der Waals surface area contributed by atoms with Gasteiger partial charge in [-0.25, -0.2) is 0 Å². The van der Waals surface area contributed by atoms with Crippen molar-refractivity contribution in [3.05, 3.63) is 12.2 Å². The van der Waals surface area contributed by atoms with Gasteiger partial charge in [0.25, 0.3) is 0 Å². The van der Waals surface area contributed by atoms with Gasteiger partial charge in [-0.3, -0.25) is 4.99 Å². The first-order valence-corrected chi connectivity index (χ1v) is 3.78. The fraction of sp³-hybridized carbons (Fsp3) is 0.625. The number of hydrogen-bond donors (Lipinski definition) is 1. The molecular weight excluding hydrogens is 124 g/mol. The van der Waals surface area contributed by atoms with Crippen molar-refractivity contribution in [3.63, 3.8) is 0 Å². The summed E-state index contributed by atoms with van der Waals surface area (Å²) in [7, 11) is 1.95. The van der Waals surface area contributed by atoms with Crippen molar-refractivity contribution < 1.29 is 0 Å². The second-order valence-corrected chi connectivity index (χ2v) is 2.43. The highest BCUT2D eigenvalue weighted by molar-refractivity contribution is 6.06. The van der Waals surface area contributed by atoms with E-state index in [0.29, 0.717) is 6.04 Å². The molecule has 0 aromatic rings. The van der Waals surface area contributed by atoms with Crippen molar-refractivity contribution in [2.75, 3.05) is 13.6 Å². The van der Waals surface area contributed by atoms with E-state index in [1.807, 2.05) is 7.05 Å². The van der Waals surface area contributed by atoms with Crippen LogP contribution >= 0.6 is 0 Å². The number of nitrogens with one attached hydrogen (secondary N) is 1. The summed E-state index contributed by atoms with van der Waals surface area (Å²) in [6.07, 6.45) is 5.32. The Labute approximate surface area is 62.0 Å². The van der Waals surface area contributed by atoms with E-state index in [1.165, 1.54) is 5.71 Å². The maximum atomic E-state index is 4.37. The van der Waals surface area contributed by atoms with Gasteiger partial charge in [0.1, 0.15) is 0 Å². The molecule has 0 fully saturated rings. The lowest BCUT2D eigenvalue weighted by Crippen LogP contribution is -2.37. The Bertz CT molecular complexity index is 159. The van der Waals surface area contributed by atoms with Crippen molar-refractivity contribution in [2.45, 2.75) is 19.4 Å². The van der Waals surface area contributed by atoms with E-state index < -0.39 is 0 Å². The highest BCUT2D eigenvalue weighted by Gasteiger charge is 2.14. The van der Waals surface area contributed by atoms with Crippen LogP contribution in [-0.4, -0.2) is 25.3 Å². The molecular formula is C8H14N2. The molecule has 1 atom stereocenters. The van der Waals surface area contributed by atoms with Crippen molar-refractivity contribution >= 4 is 5.71 Å². The smallest absolute Gasteiger partial charge is 0.0677 e. The molecule has 0 aromatic carbocycles. The molecule has 0 saturated carbocycles. The van der Waals surface area contributed by atoms with Crippen molar-refractivity contribution in [3.8, 4) is 0 Å². The van der Waals surface area contributed by atoms with Gasteiger partial charge < -0.3 is 5.32 Å². The fourth-order valence-electron chi connectivity index (χ4n) is 0.915. The Morgan fingerprint density at radius 2 is 2.50 bits per heavy atom. The third-order valence-electron chi connectivity index (χ3n) is 1.61. The first kappa shape index (κ1) is 7.48. The summed E-state index contributed by atoms with van der Waals surface area (Å²) in [5.74, 6) is 0. The molecule has 1 rings (SSSR count). The molecule has 10 heavy (non-hydrogen) atoms. The molecule has 0 spiro atoms. The van der Waals surface area contributed by atoms with Gasteiger partial charge in [0.15, 0.2) is 0 Å². The number of hydrogen-bond acceptors (Lipinski definition) is 2. The van der Waals surface area contributed by atoms with Crippen LogP contribution < -0.4 is 5.32 Å². The van der Waals surface area contributed by atoms with Crippen LogP contribution in [0.3, 0.4) is 0 Å². The predicted molar refractivity (Wildman–Crippen MR) is 44.6 cm³/mol. The van der Waals surface area contributed by atoms with Crippen LogP contribution in [0.5, 0.6) is 0 Å². The van der Waals surface area contributed by atoms with Crippen LogP contribution in [-0.2, 0) is 0 Å². The summed E-state index contributed by atoms with van der Waals surface area (Å²) in [5.41, 5.74) is 1.20. The monoisotopic (exact) mass is 138 g/mol. The maximum Gasteiger partial charge on any atom is 0.0677 e. The lowest BCUT2D eigenvalue weighted by atomic mass is 10.0. The zero-order valence-corrected chi connectivity index (χ0v) is 6.59. The second-order valence-electron chi connectivity index (χ2n) is 2.43. The Balaban J connectivity index is 2.36.